The number of hydrogen-bond acceptors (Lipinski definition) is 4. The molecule has 0 rings (SSSR count). The van der Waals surface area contributed by atoms with Gasteiger partial charge in [0.25, 0.3) is 0 Å². The smallest absolute Gasteiger partial charge is 0.157 e. The van der Waals surface area contributed by atoms with Crippen molar-refractivity contribution in [2.24, 2.45) is 0 Å². The second kappa shape index (κ2) is 5.21. The average Bonchev–Trinajstić information content (AvgIpc) is 1.85. The van der Waals surface area contributed by atoms with E-state index in [-0.39, 0.29) is 13.1 Å². The fourth-order valence-corrected chi connectivity index (χ4v) is 0.429. The third kappa shape index (κ3) is 8.40. The molecule has 0 fully saturated rings. The Morgan fingerprint density at radius 2 is 1.36 bits per heavy atom. The van der Waals surface area contributed by atoms with Gasteiger partial charge in [0.15, 0.2) is 10.1 Å². The van der Waals surface area contributed by atoms with E-state index >= 15 is 0 Å². The number of hydrazine groups is 2. The Labute approximate surface area is 61.8 Å². The highest BCUT2D eigenvalue weighted by molar-refractivity contribution is 4.38. The molecule has 0 aromatic rings. The summed E-state index contributed by atoms with van der Waals surface area (Å²) in [5.41, 5.74) is 3.76. The fraction of sp³-hybridized carbons (Fsp3) is 1.00. The van der Waals surface area contributed by atoms with Crippen LogP contribution in [0.2, 0.25) is 0 Å². The summed E-state index contributed by atoms with van der Waals surface area (Å²) >= 11 is 0. The van der Waals surface area contributed by atoms with Crippen molar-refractivity contribution in [2.75, 3.05) is 13.1 Å². The molecule has 0 amide bonds. The van der Waals surface area contributed by atoms with Gasteiger partial charge < -0.3 is 0 Å². The van der Waals surface area contributed by atoms with Crippen LogP contribution in [0.15, 0.2) is 0 Å². The van der Waals surface area contributed by atoms with Gasteiger partial charge >= 0.3 is 0 Å². The number of rotatable bonds is 6. The maximum absolute atomic E-state index is 9.64. The first kappa shape index (κ1) is 9.40. The molecule has 0 saturated carbocycles. The summed E-state index contributed by atoms with van der Waals surface area (Å²) in [6, 6.07) is 0. The molecule has 0 aromatic carbocycles. The van der Waals surface area contributed by atoms with E-state index < -0.39 is 10.1 Å². The zero-order valence-electron chi connectivity index (χ0n) is 5.65. The van der Waals surface area contributed by atoms with Gasteiger partial charge in [-0.1, -0.05) is 0 Å². The van der Waals surface area contributed by atoms with Crippen molar-refractivity contribution in [3.63, 3.8) is 0 Å². The van der Waals surface area contributed by atoms with E-state index in [4.69, 9.17) is 0 Å². The highest BCUT2D eigenvalue weighted by Crippen LogP contribution is 1.72. The SMILES string of the molecule is O=[N+]([O-])NCCCN[N+](=O)[O-]. The van der Waals surface area contributed by atoms with Crippen LogP contribution >= 0.6 is 0 Å². The quantitative estimate of drug-likeness (QED) is 0.294. The summed E-state index contributed by atoms with van der Waals surface area (Å²) in [6.07, 6.45) is 0.335. The van der Waals surface area contributed by atoms with E-state index in [0.717, 1.165) is 0 Å². The van der Waals surface area contributed by atoms with Gasteiger partial charge in [-0.2, -0.15) is 0 Å². The molecule has 0 aliphatic rings. The predicted molar refractivity (Wildman–Crippen MR) is 34.6 cm³/mol. The number of nitrogens with one attached hydrogen (secondary N) is 2. The van der Waals surface area contributed by atoms with Crippen LogP contribution in [0, 0.1) is 20.2 Å². The first-order valence-corrected chi connectivity index (χ1v) is 2.88. The molecular formula is C3H8N4O4. The van der Waals surface area contributed by atoms with Gasteiger partial charge in [0.2, 0.25) is 0 Å². The molecule has 0 aromatic heterocycles. The van der Waals surface area contributed by atoms with Crippen molar-refractivity contribution in [2.45, 2.75) is 6.42 Å². The van der Waals surface area contributed by atoms with Gasteiger partial charge in [-0.3, -0.25) is 0 Å². The molecule has 2 N–H and O–H groups in total. The van der Waals surface area contributed by atoms with E-state index in [1.54, 1.807) is 0 Å². The zero-order valence-corrected chi connectivity index (χ0v) is 5.65. The molecule has 64 valence electrons. The average molecular weight is 164 g/mol. The summed E-state index contributed by atoms with van der Waals surface area (Å²) in [5.74, 6) is 0. The second-order valence-corrected chi connectivity index (χ2v) is 1.68. The first-order valence-electron chi connectivity index (χ1n) is 2.88. The molecule has 0 atom stereocenters. The Balaban J connectivity index is 3.03. The van der Waals surface area contributed by atoms with E-state index in [1.165, 1.54) is 0 Å². The maximum atomic E-state index is 9.64. The van der Waals surface area contributed by atoms with Gasteiger partial charge in [-0.15, -0.1) is 10.9 Å². The van der Waals surface area contributed by atoms with Crippen LogP contribution < -0.4 is 10.9 Å². The summed E-state index contributed by atoms with van der Waals surface area (Å²) in [5, 5.41) is 17.9. The lowest BCUT2D eigenvalue weighted by atomic mass is 10.4. The lowest BCUT2D eigenvalue weighted by Gasteiger charge is -1.95. The summed E-state index contributed by atoms with van der Waals surface area (Å²) in [4.78, 5) is 19.3. The van der Waals surface area contributed by atoms with E-state index in [0.29, 0.717) is 6.42 Å². The normalized spacial score (nSPS) is 8.73. The molecule has 8 heteroatoms. The van der Waals surface area contributed by atoms with Crippen molar-refractivity contribution in [3.05, 3.63) is 20.2 Å². The molecular weight excluding hydrogens is 156 g/mol. The van der Waals surface area contributed by atoms with Crippen molar-refractivity contribution < 1.29 is 10.1 Å². The van der Waals surface area contributed by atoms with Crippen LogP contribution in [0.25, 0.3) is 0 Å². The minimum absolute atomic E-state index is 0.119. The molecule has 0 radical (unpaired) electrons. The van der Waals surface area contributed by atoms with E-state index in [9.17, 15) is 20.2 Å². The lowest BCUT2D eigenvalue weighted by Crippen LogP contribution is -2.28. The number of hydrogen-bond donors (Lipinski definition) is 2. The monoisotopic (exact) mass is 164 g/mol. The number of nitrogens with zero attached hydrogens (tertiary/aromatic N) is 2. The van der Waals surface area contributed by atoms with Crippen molar-refractivity contribution >= 4 is 0 Å². The Kier molecular flexibility index (Phi) is 4.45. The van der Waals surface area contributed by atoms with Crippen LogP contribution in [0.5, 0.6) is 0 Å². The fourth-order valence-electron chi connectivity index (χ4n) is 0.429. The van der Waals surface area contributed by atoms with Gasteiger partial charge in [0, 0.05) is 0 Å². The predicted octanol–water partition coefficient (Wildman–Crippen LogP) is -1.06. The highest BCUT2D eigenvalue weighted by Gasteiger charge is 1.95. The third-order valence-corrected chi connectivity index (χ3v) is 0.835. The Bertz CT molecular complexity index is 132. The molecule has 0 saturated heterocycles. The third-order valence-electron chi connectivity index (χ3n) is 0.835. The summed E-state index contributed by atoms with van der Waals surface area (Å²) < 4.78 is 0. The molecule has 0 unspecified atom stereocenters. The van der Waals surface area contributed by atoms with Gasteiger partial charge in [0.05, 0.1) is 13.1 Å². The molecule has 0 aliphatic carbocycles. The standard InChI is InChI=1S/C3H8N4O4/c8-6(9)4-2-1-3-5-7(10)11/h4-5H,1-3H2. The van der Waals surface area contributed by atoms with Crippen molar-refractivity contribution in [1.29, 1.82) is 0 Å². The molecule has 0 spiro atoms. The lowest BCUT2D eigenvalue weighted by molar-refractivity contribution is -0.549. The van der Waals surface area contributed by atoms with Crippen LogP contribution in [0.1, 0.15) is 6.42 Å². The Morgan fingerprint density at radius 1 is 1.00 bits per heavy atom. The Hall–Kier alpha value is -1.60. The van der Waals surface area contributed by atoms with E-state index in [2.05, 4.69) is 0 Å². The molecule has 8 nitrogen and oxygen atoms in total. The van der Waals surface area contributed by atoms with Gasteiger partial charge in [-0.05, 0) is 6.42 Å². The highest BCUT2D eigenvalue weighted by atomic mass is 16.7. The van der Waals surface area contributed by atoms with Crippen LogP contribution in [0.4, 0.5) is 0 Å². The van der Waals surface area contributed by atoms with Crippen LogP contribution in [-0.2, 0) is 0 Å². The van der Waals surface area contributed by atoms with E-state index in [1.807, 2.05) is 10.9 Å². The summed E-state index contributed by atoms with van der Waals surface area (Å²) in [6.45, 7) is 0.238. The maximum Gasteiger partial charge on any atom is 0.157 e. The minimum Gasteiger partial charge on any atom is -0.235 e. The van der Waals surface area contributed by atoms with Crippen LogP contribution in [-0.4, -0.2) is 23.2 Å². The largest absolute Gasteiger partial charge is 0.235 e. The molecule has 0 aliphatic heterocycles. The molecule has 0 heterocycles. The van der Waals surface area contributed by atoms with Gasteiger partial charge in [0.1, 0.15) is 0 Å². The summed E-state index contributed by atoms with van der Waals surface area (Å²) in [7, 11) is 0. The first-order chi connectivity index (χ1) is 5.13. The minimum atomic E-state index is -0.688. The Morgan fingerprint density at radius 3 is 1.64 bits per heavy atom. The van der Waals surface area contributed by atoms with Crippen molar-refractivity contribution in [1.82, 2.24) is 10.9 Å². The second-order valence-electron chi connectivity index (χ2n) is 1.68. The zero-order chi connectivity index (χ0) is 8.69. The topological polar surface area (TPSA) is 110 Å². The van der Waals surface area contributed by atoms with Gasteiger partial charge in [-0.25, -0.2) is 20.2 Å². The molecule has 0 bridgehead atoms. The number of nitro groups is 2. The molecule has 11 heavy (non-hydrogen) atoms. The van der Waals surface area contributed by atoms with Crippen LogP contribution in [0.3, 0.4) is 0 Å². The van der Waals surface area contributed by atoms with Crippen molar-refractivity contribution in [3.8, 4) is 0 Å².